The van der Waals surface area contributed by atoms with E-state index >= 15 is 0 Å². The molecule has 4 rings (SSSR count). The summed E-state index contributed by atoms with van der Waals surface area (Å²) in [6.07, 6.45) is 1.76. The number of carbonyl (C=O) groups is 1. The molecule has 0 bridgehead atoms. The number of rotatable bonds is 7. The van der Waals surface area contributed by atoms with E-state index in [1.54, 1.807) is 37.5 Å². The lowest BCUT2D eigenvalue weighted by molar-refractivity contribution is -0.118. The molecule has 7 heteroatoms. The maximum Gasteiger partial charge on any atom is 0.262 e. The molecule has 0 atom stereocenters. The van der Waals surface area contributed by atoms with Crippen molar-refractivity contribution < 1.29 is 14.3 Å². The molecule has 0 unspecified atom stereocenters. The Balaban J connectivity index is 1.42. The molecule has 3 aromatic carbocycles. The molecule has 0 aliphatic heterocycles. The Bertz CT molecular complexity index is 1370. The minimum Gasteiger partial charge on any atom is -0.495 e. The molecule has 0 spiro atoms. The predicted molar refractivity (Wildman–Crippen MR) is 133 cm³/mol. The number of methoxy groups -OCH3 is 1. The minimum atomic E-state index is -0.296. The fraction of sp³-hybridized carbons (Fsp3) is 0.148. The number of fused-ring (bicyclic) bond motifs is 1. The standard InChI is InChI=1S/C27H24N4O3/c1-17-12-23-24(13-18(17)2)31-27(30-23)20(15-28)14-19-8-10-21(11-9-19)34-16-26(32)29-22-6-4-5-7-25(22)33-3/h4-14H,16H2,1-3H3,(H,29,32)(H,30,31)/b20-14-. The number of imidazole rings is 1. The Hall–Kier alpha value is -4.57. The first-order chi connectivity index (χ1) is 16.5. The first-order valence-corrected chi connectivity index (χ1v) is 10.7. The predicted octanol–water partition coefficient (Wildman–Crippen LogP) is 5.27. The van der Waals surface area contributed by atoms with Crippen LogP contribution in [0.4, 0.5) is 5.69 Å². The van der Waals surface area contributed by atoms with Gasteiger partial charge in [-0.2, -0.15) is 5.26 Å². The van der Waals surface area contributed by atoms with Crippen LogP contribution >= 0.6 is 0 Å². The zero-order chi connectivity index (χ0) is 24.1. The van der Waals surface area contributed by atoms with Gasteiger partial charge in [-0.3, -0.25) is 4.79 Å². The number of aryl methyl sites for hydroxylation is 2. The van der Waals surface area contributed by atoms with Crippen molar-refractivity contribution in [1.29, 1.82) is 5.26 Å². The molecule has 0 saturated carbocycles. The van der Waals surface area contributed by atoms with Crippen LogP contribution in [0.1, 0.15) is 22.5 Å². The number of benzene rings is 3. The van der Waals surface area contributed by atoms with Gasteiger partial charge in [0, 0.05) is 0 Å². The van der Waals surface area contributed by atoms with Crippen LogP contribution < -0.4 is 14.8 Å². The van der Waals surface area contributed by atoms with Crippen LogP contribution in [0.15, 0.2) is 60.7 Å². The number of para-hydroxylation sites is 2. The van der Waals surface area contributed by atoms with Crippen molar-refractivity contribution in [2.24, 2.45) is 0 Å². The molecule has 170 valence electrons. The highest BCUT2D eigenvalue weighted by Gasteiger charge is 2.10. The van der Waals surface area contributed by atoms with Crippen LogP contribution in [0.2, 0.25) is 0 Å². The van der Waals surface area contributed by atoms with E-state index in [0.29, 0.717) is 28.6 Å². The van der Waals surface area contributed by atoms with Crippen LogP contribution in [-0.2, 0) is 4.79 Å². The Kier molecular flexibility index (Phi) is 6.60. The van der Waals surface area contributed by atoms with Crippen molar-refractivity contribution in [3.05, 3.63) is 83.2 Å². The minimum absolute atomic E-state index is 0.144. The number of anilines is 1. The number of hydrogen-bond acceptors (Lipinski definition) is 5. The fourth-order valence-electron chi connectivity index (χ4n) is 3.46. The topological polar surface area (TPSA) is 100 Å². The molecule has 4 aromatic rings. The van der Waals surface area contributed by atoms with E-state index in [0.717, 1.165) is 27.7 Å². The summed E-state index contributed by atoms with van der Waals surface area (Å²) in [6.45, 7) is 3.94. The van der Waals surface area contributed by atoms with Crippen molar-refractivity contribution in [3.8, 4) is 17.6 Å². The van der Waals surface area contributed by atoms with Crippen LogP contribution in [0.25, 0.3) is 22.7 Å². The van der Waals surface area contributed by atoms with E-state index in [1.165, 1.54) is 0 Å². The number of H-pyrrole nitrogens is 1. The van der Waals surface area contributed by atoms with E-state index in [2.05, 4.69) is 21.4 Å². The quantitative estimate of drug-likeness (QED) is 0.372. The maximum atomic E-state index is 12.2. The number of ether oxygens (including phenoxy) is 2. The highest BCUT2D eigenvalue weighted by molar-refractivity contribution is 5.93. The lowest BCUT2D eigenvalue weighted by Gasteiger charge is -2.10. The zero-order valence-electron chi connectivity index (χ0n) is 19.2. The van der Waals surface area contributed by atoms with E-state index in [-0.39, 0.29) is 12.5 Å². The van der Waals surface area contributed by atoms with Crippen LogP contribution in [0.3, 0.4) is 0 Å². The van der Waals surface area contributed by atoms with Gasteiger partial charge in [-0.25, -0.2) is 4.98 Å². The Morgan fingerprint density at radius 3 is 2.59 bits per heavy atom. The normalized spacial score (nSPS) is 11.2. The first-order valence-electron chi connectivity index (χ1n) is 10.7. The molecule has 2 N–H and O–H groups in total. The molecule has 0 saturated heterocycles. The van der Waals surface area contributed by atoms with Gasteiger partial charge in [0.2, 0.25) is 0 Å². The molecule has 7 nitrogen and oxygen atoms in total. The number of hydrogen-bond donors (Lipinski definition) is 2. The molecule has 0 aliphatic rings. The van der Waals surface area contributed by atoms with Crippen LogP contribution in [0.5, 0.6) is 11.5 Å². The highest BCUT2D eigenvalue weighted by atomic mass is 16.5. The lowest BCUT2D eigenvalue weighted by Crippen LogP contribution is -2.20. The van der Waals surface area contributed by atoms with Gasteiger partial charge in [0.05, 0.1) is 29.4 Å². The highest BCUT2D eigenvalue weighted by Crippen LogP contribution is 2.24. The number of nitrogens with one attached hydrogen (secondary N) is 2. The van der Waals surface area contributed by atoms with Gasteiger partial charge in [-0.15, -0.1) is 0 Å². The summed E-state index contributed by atoms with van der Waals surface area (Å²) < 4.78 is 10.8. The van der Waals surface area contributed by atoms with Crippen molar-refractivity contribution >= 4 is 34.3 Å². The number of allylic oxidation sites excluding steroid dienone is 1. The second-order valence-electron chi connectivity index (χ2n) is 7.82. The van der Waals surface area contributed by atoms with Gasteiger partial charge in [-0.05, 0) is 73.0 Å². The molecule has 34 heavy (non-hydrogen) atoms. The third kappa shape index (κ3) is 5.08. The smallest absolute Gasteiger partial charge is 0.262 e. The molecule has 1 aromatic heterocycles. The number of aromatic amines is 1. The number of carbonyl (C=O) groups excluding carboxylic acids is 1. The van der Waals surface area contributed by atoms with Gasteiger partial charge >= 0.3 is 0 Å². The second kappa shape index (κ2) is 9.92. The van der Waals surface area contributed by atoms with Gasteiger partial charge < -0.3 is 19.8 Å². The molecule has 1 amide bonds. The Morgan fingerprint density at radius 1 is 1.12 bits per heavy atom. The van der Waals surface area contributed by atoms with Gasteiger partial charge in [0.15, 0.2) is 6.61 Å². The Labute approximate surface area is 197 Å². The number of aromatic nitrogens is 2. The van der Waals surface area contributed by atoms with Gasteiger partial charge in [-0.1, -0.05) is 24.3 Å². The van der Waals surface area contributed by atoms with E-state index < -0.39 is 0 Å². The molecular weight excluding hydrogens is 428 g/mol. The lowest BCUT2D eigenvalue weighted by atomic mass is 10.1. The zero-order valence-corrected chi connectivity index (χ0v) is 19.2. The van der Waals surface area contributed by atoms with Crippen molar-refractivity contribution in [2.75, 3.05) is 19.0 Å². The molecule has 0 fully saturated rings. The summed E-state index contributed by atoms with van der Waals surface area (Å²) in [5.74, 6) is 1.35. The summed E-state index contributed by atoms with van der Waals surface area (Å²) in [7, 11) is 1.55. The summed E-state index contributed by atoms with van der Waals surface area (Å²) in [5, 5.41) is 12.4. The second-order valence-corrected chi connectivity index (χ2v) is 7.82. The Morgan fingerprint density at radius 2 is 1.85 bits per heavy atom. The molecular formula is C27H24N4O3. The first kappa shape index (κ1) is 22.6. The summed E-state index contributed by atoms with van der Waals surface area (Å²) in [5.41, 5.74) is 5.87. The third-order valence-corrected chi connectivity index (χ3v) is 5.42. The SMILES string of the molecule is COc1ccccc1NC(=O)COc1ccc(/C=C(/C#N)c2nc3cc(C)c(C)cc3[nH]2)cc1. The molecule has 1 heterocycles. The van der Waals surface area contributed by atoms with E-state index in [4.69, 9.17) is 9.47 Å². The number of amides is 1. The molecule has 0 aliphatic carbocycles. The summed E-state index contributed by atoms with van der Waals surface area (Å²) in [4.78, 5) is 20.0. The largest absolute Gasteiger partial charge is 0.495 e. The van der Waals surface area contributed by atoms with E-state index in [1.807, 2.05) is 50.2 Å². The third-order valence-electron chi connectivity index (χ3n) is 5.42. The van der Waals surface area contributed by atoms with Crippen LogP contribution in [-0.4, -0.2) is 29.6 Å². The van der Waals surface area contributed by atoms with Gasteiger partial charge in [0.25, 0.3) is 5.91 Å². The van der Waals surface area contributed by atoms with Crippen molar-refractivity contribution in [3.63, 3.8) is 0 Å². The van der Waals surface area contributed by atoms with Gasteiger partial charge in [0.1, 0.15) is 23.4 Å². The van der Waals surface area contributed by atoms with Crippen molar-refractivity contribution in [2.45, 2.75) is 13.8 Å². The van der Waals surface area contributed by atoms with E-state index in [9.17, 15) is 10.1 Å². The van der Waals surface area contributed by atoms with Crippen molar-refractivity contribution in [1.82, 2.24) is 9.97 Å². The average molecular weight is 453 g/mol. The average Bonchev–Trinajstić information content (AvgIpc) is 3.25. The molecule has 0 radical (unpaired) electrons. The monoisotopic (exact) mass is 452 g/mol. The number of nitrogens with zero attached hydrogens (tertiary/aromatic N) is 2. The summed E-state index contributed by atoms with van der Waals surface area (Å²) >= 11 is 0. The maximum absolute atomic E-state index is 12.2. The number of nitriles is 1. The van der Waals surface area contributed by atoms with Crippen LogP contribution in [0, 0.1) is 25.2 Å². The summed E-state index contributed by atoms with van der Waals surface area (Å²) in [6, 6.07) is 20.6. The fourth-order valence-corrected chi connectivity index (χ4v) is 3.46.